The van der Waals surface area contributed by atoms with E-state index in [1.54, 1.807) is 0 Å². The minimum atomic E-state index is -0.450. The van der Waals surface area contributed by atoms with Crippen LogP contribution in [-0.4, -0.2) is 0 Å². The second-order valence-electron chi connectivity index (χ2n) is 16.4. The topological polar surface area (TPSA) is 6.48 Å². The Labute approximate surface area is 359 Å². The molecule has 0 heterocycles. The fraction of sp³-hybridized carbons (Fsp3) is 0.0847. The van der Waals surface area contributed by atoms with Crippen molar-refractivity contribution < 1.29 is 0 Å². The highest BCUT2D eigenvalue weighted by molar-refractivity contribution is 5.88. The number of hydrogen-bond donors (Lipinski definition) is 0. The molecule has 0 bridgehead atoms. The molecule has 0 amide bonds. The van der Waals surface area contributed by atoms with Crippen LogP contribution in [0.1, 0.15) is 44.5 Å². The molecule has 2 aliphatic rings. The van der Waals surface area contributed by atoms with Crippen molar-refractivity contribution in [3.63, 3.8) is 0 Å². The Kier molecular flexibility index (Phi) is 9.39. The summed E-state index contributed by atoms with van der Waals surface area (Å²) < 4.78 is 0. The molecular weight excluding hydrogens is 737 g/mol. The molecule has 2 heteroatoms. The first-order valence-corrected chi connectivity index (χ1v) is 21.6. The maximum atomic E-state index is 2.54. The second-order valence-corrected chi connectivity index (χ2v) is 16.4. The van der Waals surface area contributed by atoms with Gasteiger partial charge in [-0.25, -0.2) is 0 Å². The van der Waals surface area contributed by atoms with E-state index in [1.165, 1.54) is 67.0 Å². The molecule has 9 aromatic carbocycles. The summed E-state index contributed by atoms with van der Waals surface area (Å²) in [7, 11) is 0. The van der Waals surface area contributed by atoms with Gasteiger partial charge in [0.25, 0.3) is 0 Å². The van der Waals surface area contributed by atoms with Crippen molar-refractivity contribution in [2.75, 3.05) is 9.80 Å². The van der Waals surface area contributed by atoms with E-state index >= 15 is 0 Å². The van der Waals surface area contributed by atoms with E-state index in [1.807, 2.05) is 0 Å². The van der Waals surface area contributed by atoms with Gasteiger partial charge in [0.05, 0.1) is 11.1 Å². The van der Waals surface area contributed by atoms with Crippen molar-refractivity contribution >= 4 is 34.1 Å². The molecule has 0 radical (unpaired) electrons. The third-order valence-corrected chi connectivity index (χ3v) is 12.9. The highest BCUT2D eigenvalue weighted by Gasteiger charge is 2.46. The summed E-state index contributed by atoms with van der Waals surface area (Å²) in [5.41, 5.74) is 19.9. The summed E-state index contributed by atoms with van der Waals surface area (Å²) in [5.74, 6) is 0. The van der Waals surface area contributed by atoms with Gasteiger partial charge < -0.3 is 9.80 Å². The molecule has 9 aromatic rings. The predicted molar refractivity (Wildman–Crippen MR) is 254 cm³/mol. The molecule has 292 valence electrons. The lowest BCUT2D eigenvalue weighted by molar-refractivity contribution is 0.625. The Hall–Kier alpha value is -7.42. The molecule has 2 nitrogen and oxygen atoms in total. The largest absolute Gasteiger partial charge is 0.310 e. The van der Waals surface area contributed by atoms with E-state index in [9.17, 15) is 0 Å². The Morgan fingerprint density at radius 2 is 0.770 bits per heavy atom. The highest BCUT2D eigenvalue weighted by atomic mass is 15.2. The molecule has 2 aliphatic carbocycles. The molecule has 0 saturated carbocycles. The zero-order valence-electron chi connectivity index (χ0n) is 34.2. The van der Waals surface area contributed by atoms with E-state index in [0.29, 0.717) is 0 Å². The van der Waals surface area contributed by atoms with Crippen molar-refractivity contribution in [1.82, 2.24) is 0 Å². The van der Waals surface area contributed by atoms with Gasteiger partial charge in [0.2, 0.25) is 0 Å². The van der Waals surface area contributed by atoms with Crippen LogP contribution in [0, 0.1) is 0 Å². The van der Waals surface area contributed by atoms with Gasteiger partial charge in [0.15, 0.2) is 0 Å². The predicted octanol–water partition coefficient (Wildman–Crippen LogP) is 14.9. The molecule has 0 unspecified atom stereocenters. The number of fused-ring (bicyclic) bond motifs is 4. The normalized spacial score (nSPS) is 13.0. The fourth-order valence-electron chi connectivity index (χ4n) is 10.0. The Balaban J connectivity index is 1.25. The molecule has 0 atom stereocenters. The minimum absolute atomic E-state index is 0.450. The van der Waals surface area contributed by atoms with E-state index in [-0.39, 0.29) is 0 Å². The van der Waals surface area contributed by atoms with Crippen LogP contribution in [0.25, 0.3) is 11.1 Å². The maximum absolute atomic E-state index is 2.54. The van der Waals surface area contributed by atoms with Gasteiger partial charge in [0.1, 0.15) is 0 Å². The fourth-order valence-corrected chi connectivity index (χ4v) is 10.0. The minimum Gasteiger partial charge on any atom is -0.310 e. The lowest BCUT2D eigenvalue weighted by Crippen LogP contribution is -2.31. The zero-order valence-corrected chi connectivity index (χ0v) is 34.2. The van der Waals surface area contributed by atoms with E-state index in [2.05, 4.69) is 240 Å². The molecule has 0 aromatic heterocycles. The molecule has 0 spiro atoms. The van der Waals surface area contributed by atoms with Crippen molar-refractivity contribution in [1.29, 1.82) is 0 Å². The van der Waals surface area contributed by atoms with Gasteiger partial charge >= 0.3 is 0 Å². The number of para-hydroxylation sites is 4. The Morgan fingerprint density at radius 3 is 1.23 bits per heavy atom. The summed E-state index contributed by atoms with van der Waals surface area (Å²) in [6, 6.07) is 85.3. The number of aryl methyl sites for hydroxylation is 2. The average Bonchev–Trinajstić information content (AvgIpc) is 3.60. The quantitative estimate of drug-likeness (QED) is 0.129. The van der Waals surface area contributed by atoms with Crippen LogP contribution in [0.3, 0.4) is 0 Å². The van der Waals surface area contributed by atoms with Crippen molar-refractivity contribution in [3.05, 3.63) is 275 Å². The number of hydrogen-bond acceptors (Lipinski definition) is 2. The van der Waals surface area contributed by atoms with Crippen molar-refractivity contribution in [2.45, 2.75) is 31.1 Å². The SMILES string of the molecule is c1ccc(Cc2cc(N(c3ccccc3)c3ccccc3)c(CC3(c4ccc5c(c4)CC5)c4ccccc4-c4ccccc43)cc2N(c2ccccc2)c2ccccc2)cc1. The van der Waals surface area contributed by atoms with Crippen LogP contribution < -0.4 is 9.80 Å². The maximum Gasteiger partial charge on any atom is 0.0504 e. The van der Waals surface area contributed by atoms with Gasteiger partial charge in [-0.1, -0.05) is 170 Å². The number of anilines is 6. The highest BCUT2D eigenvalue weighted by Crippen LogP contribution is 2.56. The summed E-state index contributed by atoms with van der Waals surface area (Å²) in [4.78, 5) is 4.95. The van der Waals surface area contributed by atoms with Crippen LogP contribution in [0.2, 0.25) is 0 Å². The van der Waals surface area contributed by atoms with Gasteiger partial charge in [-0.15, -0.1) is 0 Å². The molecule has 11 rings (SSSR count). The smallest absolute Gasteiger partial charge is 0.0504 e. The first-order valence-electron chi connectivity index (χ1n) is 21.6. The summed E-state index contributed by atoms with van der Waals surface area (Å²) >= 11 is 0. The molecule has 0 aliphatic heterocycles. The first-order chi connectivity index (χ1) is 30.2. The Morgan fingerprint density at radius 1 is 0.361 bits per heavy atom. The molecule has 0 N–H and O–H groups in total. The molecular formula is C59H46N2. The van der Waals surface area contributed by atoms with Crippen LogP contribution in [0.4, 0.5) is 34.1 Å². The van der Waals surface area contributed by atoms with E-state index in [0.717, 1.165) is 48.4 Å². The number of nitrogens with zero attached hydrogens (tertiary/aromatic N) is 2. The van der Waals surface area contributed by atoms with Crippen molar-refractivity contribution in [3.8, 4) is 11.1 Å². The van der Waals surface area contributed by atoms with Gasteiger partial charge in [-0.05, 0) is 142 Å². The second kappa shape index (κ2) is 15.6. The van der Waals surface area contributed by atoms with Crippen LogP contribution in [0.15, 0.2) is 231 Å². The lowest BCUT2D eigenvalue weighted by Gasteiger charge is -2.38. The monoisotopic (exact) mass is 782 g/mol. The average molecular weight is 783 g/mol. The standard InChI is InChI=1S/C59H46N2/c1-6-20-43(21-7-1)38-46-40-58(61(51-26-12-4-13-27-51)52-28-14-5-15-29-52)47(41-57(46)60(49-22-8-2-9-23-49)50-24-10-3-11-25-50)42-59(48-37-36-44-34-35-45(44)39-48)55-32-18-16-30-53(55)54-31-17-19-33-56(54)59/h1-33,36-37,39-41H,34-35,38,42H2. The summed E-state index contributed by atoms with van der Waals surface area (Å²) in [6.07, 6.45) is 3.80. The van der Waals surface area contributed by atoms with Crippen LogP contribution in [-0.2, 0) is 31.1 Å². The zero-order chi connectivity index (χ0) is 40.6. The third-order valence-electron chi connectivity index (χ3n) is 12.9. The van der Waals surface area contributed by atoms with Crippen LogP contribution >= 0.6 is 0 Å². The molecule has 0 saturated heterocycles. The lowest BCUT2D eigenvalue weighted by atomic mass is 9.67. The van der Waals surface area contributed by atoms with E-state index in [4.69, 9.17) is 0 Å². The van der Waals surface area contributed by atoms with Crippen molar-refractivity contribution in [2.24, 2.45) is 0 Å². The third kappa shape index (κ3) is 6.53. The van der Waals surface area contributed by atoms with E-state index < -0.39 is 5.41 Å². The van der Waals surface area contributed by atoms with Gasteiger partial charge in [0, 0.05) is 28.4 Å². The Bertz CT molecular complexity index is 2840. The molecule has 0 fully saturated rings. The van der Waals surface area contributed by atoms with Gasteiger partial charge in [-0.3, -0.25) is 0 Å². The first kappa shape index (κ1) is 36.6. The number of rotatable bonds is 11. The van der Waals surface area contributed by atoms with Gasteiger partial charge in [-0.2, -0.15) is 0 Å². The van der Waals surface area contributed by atoms with Crippen LogP contribution in [0.5, 0.6) is 0 Å². The molecule has 61 heavy (non-hydrogen) atoms. The summed E-state index contributed by atoms with van der Waals surface area (Å²) in [6.45, 7) is 0. The summed E-state index contributed by atoms with van der Waals surface area (Å²) in [5, 5.41) is 0. The number of benzene rings is 9.